The molecule has 1 aliphatic carbocycles. The Kier molecular flexibility index (Phi) is 4.34. The maximum Gasteiger partial charge on any atom is 0.269 e. The molecular formula is C23H23N3O3. The number of amides is 1. The van der Waals surface area contributed by atoms with E-state index in [0.29, 0.717) is 5.56 Å². The topological polar surface area (TPSA) is 75.5 Å². The molecule has 5 rings (SSSR count). The van der Waals surface area contributed by atoms with Gasteiger partial charge in [0.15, 0.2) is 0 Å². The molecule has 1 N–H and O–H groups in total. The molecule has 6 heteroatoms. The molecule has 0 unspecified atom stereocenters. The summed E-state index contributed by atoms with van der Waals surface area (Å²) in [6.45, 7) is 1.62. The molecule has 1 fully saturated rings. The number of hydrogen-bond donors (Lipinski definition) is 1. The van der Waals surface area contributed by atoms with E-state index < -0.39 is 0 Å². The molecule has 2 aromatic carbocycles. The highest BCUT2D eigenvalue weighted by Gasteiger charge is 2.40. The standard InChI is InChI=1S/C23H23N3O3/c27-23(25-12-1-2-13-25)20-11-5-10-19-17-8-4-9-18(17)21(24-22(19)20)15-6-3-7-16(14-15)26(28)29/h3-8,10-11,14,17-18,21,24H,1-2,9,12-13H2/t17-,18-,21-/m1/s1. The molecule has 2 aromatic rings. The molecule has 29 heavy (non-hydrogen) atoms. The van der Waals surface area contributed by atoms with Crippen LogP contribution < -0.4 is 5.32 Å². The van der Waals surface area contributed by atoms with Crippen molar-refractivity contribution in [2.75, 3.05) is 18.4 Å². The minimum Gasteiger partial charge on any atom is -0.377 e. The number of nitrogens with one attached hydrogen (secondary N) is 1. The monoisotopic (exact) mass is 389 g/mol. The predicted molar refractivity (Wildman–Crippen MR) is 111 cm³/mol. The maximum absolute atomic E-state index is 13.2. The van der Waals surface area contributed by atoms with Gasteiger partial charge in [0.1, 0.15) is 0 Å². The molecule has 3 atom stereocenters. The number of para-hydroxylation sites is 1. The highest BCUT2D eigenvalue weighted by Crippen LogP contribution is 2.51. The Bertz CT molecular complexity index is 1010. The number of non-ortho nitro benzene ring substituents is 1. The van der Waals surface area contributed by atoms with Crippen LogP contribution in [0, 0.1) is 16.0 Å². The summed E-state index contributed by atoms with van der Waals surface area (Å²) < 4.78 is 0. The first-order valence-electron chi connectivity index (χ1n) is 10.2. The van der Waals surface area contributed by atoms with E-state index in [0.717, 1.165) is 49.2 Å². The lowest BCUT2D eigenvalue weighted by molar-refractivity contribution is -0.384. The van der Waals surface area contributed by atoms with Gasteiger partial charge in [-0.25, -0.2) is 0 Å². The molecule has 6 nitrogen and oxygen atoms in total. The van der Waals surface area contributed by atoms with Gasteiger partial charge in [0.05, 0.1) is 22.2 Å². The van der Waals surface area contributed by atoms with Gasteiger partial charge < -0.3 is 10.2 Å². The molecular weight excluding hydrogens is 366 g/mol. The van der Waals surface area contributed by atoms with Crippen LogP contribution in [0.5, 0.6) is 0 Å². The van der Waals surface area contributed by atoms with E-state index >= 15 is 0 Å². The number of benzene rings is 2. The minimum absolute atomic E-state index is 0.0741. The lowest BCUT2D eigenvalue weighted by atomic mass is 9.76. The van der Waals surface area contributed by atoms with Gasteiger partial charge in [0, 0.05) is 31.1 Å². The summed E-state index contributed by atoms with van der Waals surface area (Å²) in [7, 11) is 0. The zero-order chi connectivity index (χ0) is 20.0. The number of nitro benzene ring substituents is 1. The van der Waals surface area contributed by atoms with Gasteiger partial charge in [0.25, 0.3) is 11.6 Å². The van der Waals surface area contributed by atoms with Gasteiger partial charge >= 0.3 is 0 Å². The van der Waals surface area contributed by atoms with Crippen LogP contribution in [0.3, 0.4) is 0 Å². The van der Waals surface area contributed by atoms with E-state index in [-0.39, 0.29) is 34.4 Å². The Hall–Kier alpha value is -3.15. The number of likely N-dealkylation sites (tertiary alicyclic amines) is 1. The van der Waals surface area contributed by atoms with Crippen LogP contribution in [-0.4, -0.2) is 28.8 Å². The van der Waals surface area contributed by atoms with Gasteiger partial charge in [0.2, 0.25) is 0 Å². The fourth-order valence-corrected chi connectivity index (χ4v) is 5.05. The minimum atomic E-state index is -0.354. The number of anilines is 1. The fraction of sp³-hybridized carbons (Fsp3) is 0.348. The van der Waals surface area contributed by atoms with Gasteiger partial charge in [-0.15, -0.1) is 0 Å². The normalized spacial score (nSPS) is 24.7. The number of allylic oxidation sites excluding steroid dienone is 2. The number of carbonyl (C=O) groups excluding carboxylic acids is 1. The first kappa shape index (κ1) is 17.9. The highest BCUT2D eigenvalue weighted by molar-refractivity contribution is 6.01. The van der Waals surface area contributed by atoms with Crippen LogP contribution in [0.4, 0.5) is 11.4 Å². The third-order valence-electron chi connectivity index (χ3n) is 6.46. The summed E-state index contributed by atoms with van der Waals surface area (Å²) in [5.74, 6) is 0.563. The smallest absolute Gasteiger partial charge is 0.269 e. The molecule has 1 saturated heterocycles. The molecule has 0 aromatic heterocycles. The highest BCUT2D eigenvalue weighted by atomic mass is 16.6. The van der Waals surface area contributed by atoms with Gasteiger partial charge in [-0.1, -0.05) is 36.4 Å². The van der Waals surface area contributed by atoms with E-state index in [1.807, 2.05) is 23.1 Å². The van der Waals surface area contributed by atoms with Crippen molar-refractivity contribution in [1.82, 2.24) is 4.90 Å². The zero-order valence-corrected chi connectivity index (χ0v) is 16.1. The summed E-state index contributed by atoms with van der Waals surface area (Å²) in [6, 6.07) is 12.8. The Balaban J connectivity index is 1.57. The van der Waals surface area contributed by atoms with E-state index in [1.165, 1.54) is 6.07 Å². The summed E-state index contributed by atoms with van der Waals surface area (Å²) >= 11 is 0. The van der Waals surface area contributed by atoms with Gasteiger partial charge in [-0.05, 0) is 42.4 Å². The van der Waals surface area contributed by atoms with Crippen molar-refractivity contribution in [3.63, 3.8) is 0 Å². The number of nitro groups is 1. The molecule has 1 amide bonds. The molecule has 0 radical (unpaired) electrons. The van der Waals surface area contributed by atoms with Crippen molar-refractivity contribution in [1.29, 1.82) is 0 Å². The van der Waals surface area contributed by atoms with Gasteiger partial charge in [-0.2, -0.15) is 0 Å². The second-order valence-corrected chi connectivity index (χ2v) is 8.10. The van der Waals surface area contributed by atoms with Crippen LogP contribution in [0.1, 0.15) is 52.7 Å². The molecule has 3 aliphatic rings. The fourth-order valence-electron chi connectivity index (χ4n) is 5.05. The van der Waals surface area contributed by atoms with Crippen molar-refractivity contribution in [3.8, 4) is 0 Å². The van der Waals surface area contributed by atoms with Crippen molar-refractivity contribution in [3.05, 3.63) is 81.4 Å². The quantitative estimate of drug-likeness (QED) is 0.471. The summed E-state index contributed by atoms with van der Waals surface area (Å²) in [5.41, 5.74) is 3.73. The van der Waals surface area contributed by atoms with Crippen LogP contribution in [0.25, 0.3) is 0 Å². The third kappa shape index (κ3) is 2.99. The van der Waals surface area contributed by atoms with Crippen LogP contribution in [0.2, 0.25) is 0 Å². The lowest BCUT2D eigenvalue weighted by Crippen LogP contribution is -2.33. The number of fused-ring (bicyclic) bond motifs is 3. The van der Waals surface area contributed by atoms with E-state index in [1.54, 1.807) is 12.1 Å². The molecule has 0 bridgehead atoms. The summed E-state index contributed by atoms with van der Waals surface area (Å²) in [6.07, 6.45) is 7.43. The number of hydrogen-bond acceptors (Lipinski definition) is 4. The van der Waals surface area contributed by atoms with Crippen molar-refractivity contribution >= 4 is 17.3 Å². The van der Waals surface area contributed by atoms with Crippen LogP contribution >= 0.6 is 0 Å². The molecule has 0 saturated carbocycles. The zero-order valence-electron chi connectivity index (χ0n) is 16.1. The first-order valence-corrected chi connectivity index (χ1v) is 10.2. The van der Waals surface area contributed by atoms with Crippen LogP contribution in [-0.2, 0) is 0 Å². The van der Waals surface area contributed by atoms with E-state index in [2.05, 4.69) is 23.5 Å². The third-order valence-corrected chi connectivity index (χ3v) is 6.46. The Labute approximate surface area is 169 Å². The Morgan fingerprint density at radius 3 is 2.72 bits per heavy atom. The van der Waals surface area contributed by atoms with Crippen LogP contribution in [0.15, 0.2) is 54.6 Å². The van der Waals surface area contributed by atoms with E-state index in [4.69, 9.17) is 0 Å². The number of nitrogens with zero attached hydrogens (tertiary/aromatic N) is 2. The molecule has 0 spiro atoms. The largest absolute Gasteiger partial charge is 0.377 e. The second kappa shape index (κ2) is 7.03. The van der Waals surface area contributed by atoms with Crippen molar-refractivity contribution in [2.45, 2.75) is 31.2 Å². The average molecular weight is 389 g/mol. The SMILES string of the molecule is O=C(c1cccc2c1N[C@H](c1cccc([N+](=O)[O-])c1)[C@@H]1CC=C[C@@H]21)N1CCCC1. The Morgan fingerprint density at radius 1 is 1.14 bits per heavy atom. The second-order valence-electron chi connectivity index (χ2n) is 8.10. The number of carbonyl (C=O) groups is 1. The lowest BCUT2D eigenvalue weighted by Gasteiger charge is -2.38. The number of rotatable bonds is 3. The first-order chi connectivity index (χ1) is 14.1. The molecule has 2 heterocycles. The summed E-state index contributed by atoms with van der Waals surface area (Å²) in [5, 5.41) is 14.9. The van der Waals surface area contributed by atoms with Gasteiger partial charge in [-0.3, -0.25) is 14.9 Å². The van der Waals surface area contributed by atoms with E-state index in [9.17, 15) is 14.9 Å². The molecule has 148 valence electrons. The molecule has 2 aliphatic heterocycles. The maximum atomic E-state index is 13.2. The van der Waals surface area contributed by atoms with Crippen molar-refractivity contribution < 1.29 is 9.72 Å². The average Bonchev–Trinajstić information content (AvgIpc) is 3.44. The summed E-state index contributed by atoms with van der Waals surface area (Å²) in [4.78, 5) is 26.0. The Morgan fingerprint density at radius 2 is 1.93 bits per heavy atom. The predicted octanol–water partition coefficient (Wildman–Crippen LogP) is 4.66. The van der Waals surface area contributed by atoms with Crippen molar-refractivity contribution in [2.24, 2.45) is 5.92 Å².